The topological polar surface area (TPSA) is 58.8 Å². The van der Waals surface area contributed by atoms with E-state index in [0.717, 1.165) is 58.3 Å². The van der Waals surface area contributed by atoms with Crippen LogP contribution in [0.3, 0.4) is 0 Å². The average Bonchev–Trinajstić information content (AvgIpc) is 3.08. The average molecular weight is 281 g/mol. The summed E-state index contributed by atoms with van der Waals surface area (Å²) in [5, 5.41) is 0. The highest BCUT2D eigenvalue weighted by molar-refractivity contribution is 5.81. The zero-order chi connectivity index (χ0) is 14.1. The molecular formula is C15H27N3O2. The standard InChI is InChI=1S/C15H27N3O2/c1-11-2-3-14(20-11)15(19)18-9-6-13(10-18)17-7-4-12(16)5-8-17/h11-14H,2-10,16H2,1H3. The number of amides is 1. The lowest BCUT2D eigenvalue weighted by molar-refractivity contribution is -0.141. The Morgan fingerprint density at radius 1 is 1.10 bits per heavy atom. The molecule has 2 N–H and O–H groups in total. The molecule has 3 heterocycles. The van der Waals surface area contributed by atoms with E-state index < -0.39 is 0 Å². The second-order valence-electron chi connectivity index (χ2n) is 6.61. The van der Waals surface area contributed by atoms with Crippen molar-refractivity contribution >= 4 is 5.91 Å². The van der Waals surface area contributed by atoms with Crippen LogP contribution in [0.5, 0.6) is 0 Å². The molecule has 5 heteroatoms. The molecule has 0 aliphatic carbocycles. The molecule has 5 nitrogen and oxygen atoms in total. The van der Waals surface area contributed by atoms with Crippen LogP contribution in [0.4, 0.5) is 0 Å². The van der Waals surface area contributed by atoms with Crippen molar-refractivity contribution in [3.63, 3.8) is 0 Å². The maximum atomic E-state index is 12.4. The molecule has 114 valence electrons. The summed E-state index contributed by atoms with van der Waals surface area (Å²) in [6, 6.07) is 0.907. The smallest absolute Gasteiger partial charge is 0.251 e. The number of rotatable bonds is 2. The molecule has 3 unspecified atom stereocenters. The molecule has 1 amide bonds. The Labute approximate surface area is 121 Å². The van der Waals surface area contributed by atoms with Crippen LogP contribution in [0.15, 0.2) is 0 Å². The van der Waals surface area contributed by atoms with Crippen molar-refractivity contribution in [2.45, 2.75) is 63.3 Å². The second kappa shape index (κ2) is 6.00. The monoisotopic (exact) mass is 281 g/mol. The third kappa shape index (κ3) is 3.00. The Bertz CT molecular complexity index is 355. The fraction of sp³-hybridized carbons (Fsp3) is 0.933. The largest absolute Gasteiger partial charge is 0.365 e. The lowest BCUT2D eigenvalue weighted by Gasteiger charge is -2.34. The minimum atomic E-state index is -0.182. The Morgan fingerprint density at radius 3 is 2.50 bits per heavy atom. The van der Waals surface area contributed by atoms with Crippen molar-refractivity contribution in [2.75, 3.05) is 26.2 Å². The summed E-state index contributed by atoms with van der Waals surface area (Å²) in [6.07, 6.45) is 5.24. The predicted molar refractivity (Wildman–Crippen MR) is 77.3 cm³/mol. The Balaban J connectivity index is 1.50. The first-order valence-electron chi connectivity index (χ1n) is 8.07. The summed E-state index contributed by atoms with van der Waals surface area (Å²) in [4.78, 5) is 17.0. The van der Waals surface area contributed by atoms with E-state index in [1.54, 1.807) is 0 Å². The Morgan fingerprint density at radius 2 is 1.85 bits per heavy atom. The van der Waals surface area contributed by atoms with Crippen molar-refractivity contribution in [1.29, 1.82) is 0 Å². The highest BCUT2D eigenvalue weighted by Gasteiger charge is 2.37. The van der Waals surface area contributed by atoms with Gasteiger partial charge in [-0.1, -0.05) is 0 Å². The van der Waals surface area contributed by atoms with E-state index in [-0.39, 0.29) is 18.1 Å². The summed E-state index contributed by atoms with van der Waals surface area (Å²) in [6.45, 7) is 6.00. The molecule has 3 saturated heterocycles. The molecule has 0 aromatic heterocycles. The van der Waals surface area contributed by atoms with Crippen LogP contribution in [-0.2, 0) is 9.53 Å². The molecule has 3 aliphatic rings. The van der Waals surface area contributed by atoms with Gasteiger partial charge in [-0.15, -0.1) is 0 Å². The van der Waals surface area contributed by atoms with E-state index in [0.29, 0.717) is 12.1 Å². The van der Waals surface area contributed by atoms with Gasteiger partial charge in [-0.05, 0) is 52.1 Å². The van der Waals surface area contributed by atoms with Crippen LogP contribution in [0, 0.1) is 0 Å². The van der Waals surface area contributed by atoms with Crippen LogP contribution in [0.25, 0.3) is 0 Å². The first-order chi connectivity index (χ1) is 9.63. The summed E-state index contributed by atoms with van der Waals surface area (Å²) in [5.74, 6) is 0.213. The lowest BCUT2D eigenvalue weighted by Crippen LogP contribution is -2.47. The van der Waals surface area contributed by atoms with Gasteiger partial charge in [0.15, 0.2) is 0 Å². The zero-order valence-corrected chi connectivity index (χ0v) is 12.5. The summed E-state index contributed by atoms with van der Waals surface area (Å²) >= 11 is 0. The molecule has 3 aliphatic heterocycles. The van der Waals surface area contributed by atoms with Crippen molar-refractivity contribution in [3.05, 3.63) is 0 Å². The van der Waals surface area contributed by atoms with Gasteiger partial charge in [0.05, 0.1) is 6.10 Å². The highest BCUT2D eigenvalue weighted by atomic mass is 16.5. The van der Waals surface area contributed by atoms with Crippen LogP contribution >= 0.6 is 0 Å². The molecule has 0 bridgehead atoms. The molecule has 0 aromatic rings. The van der Waals surface area contributed by atoms with Gasteiger partial charge in [-0.25, -0.2) is 0 Å². The maximum absolute atomic E-state index is 12.4. The number of carbonyl (C=O) groups is 1. The number of nitrogens with zero attached hydrogens (tertiary/aromatic N) is 2. The molecular weight excluding hydrogens is 254 g/mol. The molecule has 0 aromatic carbocycles. The summed E-state index contributed by atoms with van der Waals surface area (Å²) in [7, 11) is 0. The minimum Gasteiger partial charge on any atom is -0.365 e. The van der Waals surface area contributed by atoms with E-state index in [1.165, 1.54) is 0 Å². The van der Waals surface area contributed by atoms with Crippen molar-refractivity contribution in [1.82, 2.24) is 9.80 Å². The molecule has 0 spiro atoms. The molecule has 3 fully saturated rings. The van der Waals surface area contributed by atoms with Crippen molar-refractivity contribution < 1.29 is 9.53 Å². The van der Waals surface area contributed by atoms with Crippen LogP contribution in [0.1, 0.15) is 39.0 Å². The summed E-state index contributed by atoms with van der Waals surface area (Å²) in [5.41, 5.74) is 5.96. The van der Waals surface area contributed by atoms with E-state index in [1.807, 2.05) is 4.90 Å². The normalized spacial score (nSPS) is 36.7. The Hall–Kier alpha value is -0.650. The maximum Gasteiger partial charge on any atom is 0.251 e. The molecule has 20 heavy (non-hydrogen) atoms. The summed E-state index contributed by atoms with van der Waals surface area (Å²) < 4.78 is 5.71. The lowest BCUT2D eigenvalue weighted by atomic mass is 10.0. The van der Waals surface area contributed by atoms with Gasteiger partial charge in [-0.2, -0.15) is 0 Å². The van der Waals surface area contributed by atoms with E-state index in [2.05, 4.69) is 11.8 Å². The third-order valence-corrected chi connectivity index (χ3v) is 5.07. The highest BCUT2D eigenvalue weighted by Crippen LogP contribution is 2.25. The predicted octanol–water partition coefficient (Wildman–Crippen LogP) is 0.578. The molecule has 3 rings (SSSR count). The number of piperidine rings is 1. The van der Waals surface area contributed by atoms with E-state index >= 15 is 0 Å². The van der Waals surface area contributed by atoms with E-state index in [4.69, 9.17) is 10.5 Å². The quantitative estimate of drug-likeness (QED) is 0.804. The number of likely N-dealkylation sites (tertiary alicyclic amines) is 2. The van der Waals surface area contributed by atoms with Gasteiger partial charge < -0.3 is 15.4 Å². The van der Waals surface area contributed by atoms with Crippen LogP contribution in [-0.4, -0.2) is 66.2 Å². The van der Waals surface area contributed by atoms with Gasteiger partial charge in [0.25, 0.3) is 5.91 Å². The van der Waals surface area contributed by atoms with Gasteiger partial charge in [0, 0.05) is 25.2 Å². The second-order valence-corrected chi connectivity index (χ2v) is 6.61. The first-order valence-corrected chi connectivity index (χ1v) is 8.07. The van der Waals surface area contributed by atoms with Crippen molar-refractivity contribution in [2.24, 2.45) is 5.73 Å². The number of hydrogen-bond donors (Lipinski definition) is 1. The zero-order valence-electron chi connectivity index (χ0n) is 12.5. The number of hydrogen-bond acceptors (Lipinski definition) is 4. The SMILES string of the molecule is CC1CCC(C(=O)N2CCC(N3CCC(N)CC3)C2)O1. The van der Waals surface area contributed by atoms with Gasteiger partial charge in [0.2, 0.25) is 0 Å². The number of carbonyl (C=O) groups excluding carboxylic acids is 1. The van der Waals surface area contributed by atoms with Gasteiger partial charge >= 0.3 is 0 Å². The van der Waals surface area contributed by atoms with Crippen LogP contribution in [0.2, 0.25) is 0 Å². The molecule has 0 saturated carbocycles. The fourth-order valence-electron chi connectivity index (χ4n) is 3.71. The molecule has 3 atom stereocenters. The number of nitrogens with two attached hydrogens (primary N) is 1. The first kappa shape index (κ1) is 14.3. The van der Waals surface area contributed by atoms with Crippen LogP contribution < -0.4 is 5.73 Å². The van der Waals surface area contributed by atoms with Crippen molar-refractivity contribution in [3.8, 4) is 0 Å². The van der Waals surface area contributed by atoms with E-state index in [9.17, 15) is 4.79 Å². The van der Waals surface area contributed by atoms with Gasteiger partial charge in [0.1, 0.15) is 6.10 Å². The minimum absolute atomic E-state index is 0.182. The number of ether oxygens (including phenoxy) is 1. The van der Waals surface area contributed by atoms with Gasteiger partial charge in [-0.3, -0.25) is 9.69 Å². The fourth-order valence-corrected chi connectivity index (χ4v) is 3.71. The molecule has 0 radical (unpaired) electrons. The Kier molecular flexibility index (Phi) is 4.29. The third-order valence-electron chi connectivity index (χ3n) is 5.07.